The number of hydrogen-bond acceptors (Lipinski definition) is 4. The maximum absolute atomic E-state index is 10.3. The Morgan fingerprint density at radius 3 is 2.60 bits per heavy atom. The summed E-state index contributed by atoms with van der Waals surface area (Å²) in [5, 5.41) is 18.7. The zero-order valence-electron chi connectivity index (χ0n) is 13.5. The van der Waals surface area contributed by atoms with Crippen molar-refractivity contribution >= 4 is 29.2 Å². The second-order valence-corrected chi connectivity index (χ2v) is 5.01. The second-order valence-electron chi connectivity index (χ2n) is 5.01. The monoisotopic (exact) mass is 339 g/mol. The number of benzene rings is 2. The number of para-hydroxylation sites is 1. The number of carboxylic acids is 1. The van der Waals surface area contributed by atoms with E-state index in [2.05, 4.69) is 4.98 Å². The molecule has 0 atom stereocenters. The highest BCUT2D eigenvalue weighted by molar-refractivity contribution is 5.93. The number of carbonyl (C=O) groups excluding carboxylic acids is 1. The highest BCUT2D eigenvalue weighted by Gasteiger charge is 2.00. The summed E-state index contributed by atoms with van der Waals surface area (Å²) in [7, 11) is 1.45. The summed E-state index contributed by atoms with van der Waals surface area (Å²) in [6, 6.07) is 12.2. The lowest BCUT2D eigenvalue weighted by Crippen LogP contribution is -1.85. The van der Waals surface area contributed by atoms with Crippen molar-refractivity contribution in [2.45, 2.75) is 0 Å². The molecule has 3 aromatic rings. The van der Waals surface area contributed by atoms with Gasteiger partial charge in [-0.25, -0.2) is 4.79 Å². The largest absolute Gasteiger partial charge is 0.504 e. The van der Waals surface area contributed by atoms with Crippen LogP contribution < -0.4 is 4.74 Å². The number of aromatic amines is 1. The molecule has 6 heteroatoms. The van der Waals surface area contributed by atoms with E-state index in [4.69, 9.17) is 14.9 Å². The Hall–Kier alpha value is -3.54. The lowest BCUT2D eigenvalue weighted by Gasteiger charge is -2.01. The van der Waals surface area contributed by atoms with Gasteiger partial charge >= 0.3 is 5.97 Å². The van der Waals surface area contributed by atoms with Gasteiger partial charge in [0.05, 0.1) is 7.11 Å². The van der Waals surface area contributed by atoms with Crippen LogP contribution in [0.3, 0.4) is 0 Å². The zero-order valence-corrected chi connectivity index (χ0v) is 13.5. The van der Waals surface area contributed by atoms with Crippen molar-refractivity contribution < 1.29 is 24.5 Å². The molecule has 0 aliphatic rings. The molecule has 25 heavy (non-hydrogen) atoms. The first-order valence-electron chi connectivity index (χ1n) is 7.34. The SMILES string of the molecule is COc1ccc(C=O)cc1O.O=C(O)/C=C/c1c[nH]c2ccccc12. The van der Waals surface area contributed by atoms with Gasteiger partial charge in [0.25, 0.3) is 0 Å². The van der Waals surface area contributed by atoms with Crippen LogP contribution in [0, 0.1) is 0 Å². The van der Waals surface area contributed by atoms with Crippen LogP contribution in [0.4, 0.5) is 0 Å². The van der Waals surface area contributed by atoms with Crippen molar-refractivity contribution in [2.24, 2.45) is 0 Å². The smallest absolute Gasteiger partial charge is 0.328 e. The van der Waals surface area contributed by atoms with Crippen molar-refractivity contribution in [1.29, 1.82) is 0 Å². The molecule has 0 saturated heterocycles. The van der Waals surface area contributed by atoms with Gasteiger partial charge in [-0.1, -0.05) is 18.2 Å². The summed E-state index contributed by atoms with van der Waals surface area (Å²) >= 11 is 0. The number of aromatic nitrogens is 1. The Kier molecular flexibility index (Phi) is 5.95. The molecule has 0 aliphatic carbocycles. The van der Waals surface area contributed by atoms with Crippen LogP contribution in [0.1, 0.15) is 15.9 Å². The molecule has 0 spiro atoms. The van der Waals surface area contributed by atoms with Crippen molar-refractivity contribution in [3.8, 4) is 11.5 Å². The highest BCUT2D eigenvalue weighted by Crippen LogP contribution is 2.25. The van der Waals surface area contributed by atoms with E-state index in [1.165, 1.54) is 13.2 Å². The van der Waals surface area contributed by atoms with E-state index in [9.17, 15) is 9.59 Å². The molecule has 0 amide bonds. The minimum Gasteiger partial charge on any atom is -0.504 e. The second kappa shape index (κ2) is 8.35. The fraction of sp³-hybridized carbons (Fsp3) is 0.0526. The number of rotatable bonds is 4. The summed E-state index contributed by atoms with van der Waals surface area (Å²) in [4.78, 5) is 23.6. The Morgan fingerprint density at radius 2 is 1.96 bits per heavy atom. The van der Waals surface area contributed by atoms with Crippen molar-refractivity contribution in [1.82, 2.24) is 4.98 Å². The average molecular weight is 339 g/mol. The normalized spacial score (nSPS) is 10.3. The van der Waals surface area contributed by atoms with Gasteiger partial charge in [0, 0.05) is 28.7 Å². The number of phenolic OH excluding ortho intramolecular Hbond substituents is 1. The Labute approximate surface area is 144 Å². The molecule has 1 heterocycles. The summed E-state index contributed by atoms with van der Waals surface area (Å²) < 4.78 is 4.78. The Morgan fingerprint density at radius 1 is 1.20 bits per heavy atom. The van der Waals surface area contributed by atoms with E-state index >= 15 is 0 Å². The van der Waals surface area contributed by atoms with Crippen LogP contribution in [0.15, 0.2) is 54.7 Å². The Bertz CT molecular complexity index is 911. The topological polar surface area (TPSA) is 99.6 Å². The third-order valence-electron chi connectivity index (χ3n) is 3.37. The van der Waals surface area contributed by atoms with Crippen LogP contribution >= 0.6 is 0 Å². The van der Waals surface area contributed by atoms with Crippen molar-refractivity contribution in [3.63, 3.8) is 0 Å². The average Bonchev–Trinajstić information content (AvgIpc) is 3.03. The van der Waals surface area contributed by atoms with Gasteiger partial charge in [0.1, 0.15) is 6.29 Å². The molecule has 3 N–H and O–H groups in total. The first-order valence-corrected chi connectivity index (χ1v) is 7.34. The standard InChI is InChI=1S/C11H9NO2.C8H8O3/c13-11(14)6-5-8-7-12-10-4-2-1-3-9(8)10;1-11-8-3-2-6(5-9)4-7(8)10/h1-7,12H,(H,13,14);2-5,10H,1H3/b6-5+;. The number of carbonyl (C=O) groups is 2. The summed E-state index contributed by atoms with van der Waals surface area (Å²) in [6.45, 7) is 0. The number of hydrogen-bond donors (Lipinski definition) is 3. The third kappa shape index (κ3) is 4.71. The highest BCUT2D eigenvalue weighted by atomic mass is 16.5. The van der Waals surface area contributed by atoms with E-state index in [1.54, 1.807) is 24.4 Å². The van der Waals surface area contributed by atoms with E-state index < -0.39 is 5.97 Å². The molecule has 0 radical (unpaired) electrons. The van der Waals surface area contributed by atoms with Crippen molar-refractivity contribution in [3.05, 3.63) is 65.9 Å². The van der Waals surface area contributed by atoms with Gasteiger partial charge < -0.3 is 19.9 Å². The van der Waals surface area contributed by atoms with E-state index in [0.29, 0.717) is 17.6 Å². The molecule has 0 fully saturated rings. The van der Waals surface area contributed by atoms with Crippen LogP contribution in [-0.4, -0.2) is 34.6 Å². The molecule has 3 rings (SSSR count). The summed E-state index contributed by atoms with van der Waals surface area (Å²) in [5.74, 6) is -0.581. The number of phenols is 1. The van der Waals surface area contributed by atoms with Gasteiger partial charge in [0.2, 0.25) is 0 Å². The number of aldehydes is 1. The molecule has 0 bridgehead atoms. The minimum absolute atomic E-state index is 0.0166. The molecule has 6 nitrogen and oxygen atoms in total. The van der Waals surface area contributed by atoms with Crippen LogP contribution in [0.2, 0.25) is 0 Å². The Balaban J connectivity index is 0.000000186. The maximum Gasteiger partial charge on any atom is 0.328 e. The van der Waals surface area contributed by atoms with Gasteiger partial charge in [-0.3, -0.25) is 4.79 Å². The number of ether oxygens (including phenoxy) is 1. The van der Waals surface area contributed by atoms with Crippen LogP contribution in [0.25, 0.3) is 17.0 Å². The summed E-state index contributed by atoms with van der Waals surface area (Å²) in [6.07, 6.45) is 5.18. The van der Waals surface area contributed by atoms with Gasteiger partial charge in [-0.2, -0.15) is 0 Å². The number of aliphatic carboxylic acids is 1. The molecule has 128 valence electrons. The molecule has 0 saturated carbocycles. The molecule has 1 aromatic heterocycles. The number of nitrogens with one attached hydrogen (secondary N) is 1. The predicted octanol–water partition coefficient (Wildman–Crippen LogP) is 3.48. The zero-order chi connectivity index (χ0) is 18.2. The fourth-order valence-corrected chi connectivity index (χ4v) is 2.17. The molecule has 0 unspecified atom stereocenters. The summed E-state index contributed by atoms with van der Waals surface area (Å²) in [5.41, 5.74) is 2.34. The van der Waals surface area contributed by atoms with E-state index in [-0.39, 0.29) is 5.75 Å². The number of aromatic hydroxyl groups is 1. The molecular weight excluding hydrogens is 322 g/mol. The van der Waals surface area contributed by atoms with Gasteiger partial charge in [0.15, 0.2) is 11.5 Å². The van der Waals surface area contributed by atoms with Gasteiger partial charge in [-0.05, 0) is 35.9 Å². The molecule has 2 aromatic carbocycles. The fourth-order valence-electron chi connectivity index (χ4n) is 2.17. The van der Waals surface area contributed by atoms with Gasteiger partial charge in [-0.15, -0.1) is 0 Å². The lowest BCUT2D eigenvalue weighted by atomic mass is 10.1. The third-order valence-corrected chi connectivity index (χ3v) is 3.37. The number of carboxylic acid groups (broad SMARTS) is 1. The lowest BCUT2D eigenvalue weighted by molar-refractivity contribution is -0.131. The minimum atomic E-state index is -0.935. The molecule has 0 aliphatic heterocycles. The first-order chi connectivity index (χ1) is 12.0. The predicted molar refractivity (Wildman–Crippen MR) is 95.0 cm³/mol. The first kappa shape index (κ1) is 17.8. The van der Waals surface area contributed by atoms with Crippen LogP contribution in [0.5, 0.6) is 11.5 Å². The number of fused-ring (bicyclic) bond motifs is 1. The number of methoxy groups -OCH3 is 1. The van der Waals surface area contributed by atoms with E-state index in [1.807, 2.05) is 24.3 Å². The number of H-pyrrole nitrogens is 1. The quantitative estimate of drug-likeness (QED) is 0.499. The van der Waals surface area contributed by atoms with Crippen LogP contribution in [-0.2, 0) is 4.79 Å². The van der Waals surface area contributed by atoms with E-state index in [0.717, 1.165) is 22.5 Å². The molecular formula is C19H17NO5. The maximum atomic E-state index is 10.3. The van der Waals surface area contributed by atoms with Crippen molar-refractivity contribution in [2.75, 3.05) is 7.11 Å².